The van der Waals surface area contributed by atoms with Crippen molar-refractivity contribution in [2.24, 2.45) is 0 Å². The Bertz CT molecular complexity index is 1420. The highest BCUT2D eigenvalue weighted by atomic mass is 35.5. The van der Waals surface area contributed by atoms with E-state index >= 15 is 0 Å². The van der Waals surface area contributed by atoms with Crippen LogP contribution in [0.3, 0.4) is 0 Å². The Morgan fingerprint density at radius 2 is 1.75 bits per heavy atom. The number of anilines is 2. The largest absolute Gasteiger partial charge is 0.345 e. The number of carbonyl (C=O) groups is 1. The van der Waals surface area contributed by atoms with Gasteiger partial charge in [0, 0.05) is 21.5 Å². The smallest absolute Gasteiger partial charge is 0.268 e. The molecule has 0 bridgehead atoms. The highest BCUT2D eigenvalue weighted by Gasteiger charge is 2.28. The van der Waals surface area contributed by atoms with Crippen LogP contribution in [-0.4, -0.2) is 23.4 Å². The quantitative estimate of drug-likeness (QED) is 0.222. The second kappa shape index (κ2) is 11.7. The van der Waals surface area contributed by atoms with Gasteiger partial charge in [-0.25, -0.2) is 8.51 Å². The van der Waals surface area contributed by atoms with Crippen LogP contribution >= 0.6 is 46.5 Å². The average Bonchev–Trinajstić information content (AvgIpc) is 3.27. The number of hydrogen-bond acceptors (Lipinski definition) is 5. The molecule has 36 heavy (non-hydrogen) atoms. The zero-order valence-electron chi connectivity index (χ0n) is 18.7. The molecule has 4 aromatic rings. The average molecular weight is 582 g/mol. The van der Waals surface area contributed by atoms with E-state index in [2.05, 4.69) is 14.1 Å². The molecule has 0 saturated carbocycles. The van der Waals surface area contributed by atoms with E-state index in [4.69, 9.17) is 34.8 Å². The molecule has 0 aliphatic heterocycles. The first-order valence-corrected chi connectivity index (χ1v) is 13.5. The second-order valence-corrected chi connectivity index (χ2v) is 10.4. The number of benzene rings is 3. The van der Waals surface area contributed by atoms with E-state index in [0.717, 1.165) is 21.6 Å². The minimum Gasteiger partial charge on any atom is -0.345 e. The number of halogens is 3. The number of hydrogen-bond donors (Lipinski definition) is 2. The van der Waals surface area contributed by atoms with Crippen molar-refractivity contribution in [2.75, 3.05) is 4.31 Å². The highest BCUT2D eigenvalue weighted by molar-refractivity contribution is 7.81. The maximum absolute atomic E-state index is 13.3. The lowest BCUT2D eigenvalue weighted by Crippen LogP contribution is -2.30. The van der Waals surface area contributed by atoms with Gasteiger partial charge in [-0.15, -0.1) is 0 Å². The molecule has 2 unspecified atom stereocenters. The molecule has 186 valence electrons. The van der Waals surface area contributed by atoms with E-state index < -0.39 is 23.2 Å². The summed E-state index contributed by atoms with van der Waals surface area (Å²) < 4.78 is 32.5. The minimum atomic E-state index is -2.58. The van der Waals surface area contributed by atoms with Crippen LogP contribution in [-0.2, 0) is 17.7 Å². The van der Waals surface area contributed by atoms with Crippen molar-refractivity contribution in [3.8, 4) is 0 Å². The van der Waals surface area contributed by atoms with Crippen LogP contribution in [0.25, 0.3) is 0 Å². The van der Waals surface area contributed by atoms with Crippen molar-refractivity contribution >= 4 is 75.2 Å². The summed E-state index contributed by atoms with van der Waals surface area (Å²) >= 11 is 16.9. The first kappa shape index (κ1) is 26.5. The molecule has 0 spiro atoms. The number of amides is 1. The van der Waals surface area contributed by atoms with Gasteiger partial charge in [-0.1, -0.05) is 71.2 Å². The van der Waals surface area contributed by atoms with Gasteiger partial charge >= 0.3 is 0 Å². The third-order valence-corrected chi connectivity index (χ3v) is 7.34. The summed E-state index contributed by atoms with van der Waals surface area (Å²) in [6.07, 6.45) is 0.384. The van der Waals surface area contributed by atoms with Crippen LogP contribution in [0.2, 0.25) is 15.1 Å². The Balaban J connectivity index is 1.70. The zero-order chi connectivity index (χ0) is 25.8. The summed E-state index contributed by atoms with van der Waals surface area (Å²) in [5, 5.41) is 4.04. The molecule has 3 aromatic carbocycles. The van der Waals surface area contributed by atoms with E-state index in [-0.39, 0.29) is 22.1 Å². The van der Waals surface area contributed by atoms with Gasteiger partial charge in [0.2, 0.25) is 0 Å². The lowest BCUT2D eigenvalue weighted by molar-refractivity contribution is 0.0940. The van der Waals surface area contributed by atoms with Crippen LogP contribution in [0.15, 0.2) is 66.7 Å². The van der Waals surface area contributed by atoms with E-state index in [1.165, 1.54) is 18.2 Å². The molecular weight excluding hydrogens is 563 g/mol. The molecule has 2 atom stereocenters. The normalized spacial score (nSPS) is 12.7. The van der Waals surface area contributed by atoms with E-state index in [9.17, 15) is 13.6 Å². The Labute approximate surface area is 229 Å². The van der Waals surface area contributed by atoms with Crippen LogP contribution in [0.1, 0.15) is 40.1 Å². The molecule has 4 rings (SSSR count). The van der Waals surface area contributed by atoms with E-state index in [0.29, 0.717) is 27.7 Å². The molecule has 1 amide bonds. The van der Waals surface area contributed by atoms with Crippen molar-refractivity contribution in [1.82, 2.24) is 14.1 Å². The fraction of sp³-hybridized carbons (Fsp3) is 0.125. The molecule has 1 heterocycles. The zero-order valence-corrected chi connectivity index (χ0v) is 22.6. The minimum absolute atomic E-state index is 0.109. The first-order chi connectivity index (χ1) is 17.2. The summed E-state index contributed by atoms with van der Waals surface area (Å²) in [6, 6.07) is 18.5. The van der Waals surface area contributed by atoms with Crippen molar-refractivity contribution < 1.29 is 13.6 Å². The molecule has 2 N–H and O–H groups in total. The van der Waals surface area contributed by atoms with Gasteiger partial charge in [0.25, 0.3) is 17.2 Å². The molecule has 0 aliphatic rings. The number of aromatic nitrogens is 2. The van der Waals surface area contributed by atoms with Gasteiger partial charge in [-0.05, 0) is 48.4 Å². The second-order valence-electron chi connectivity index (χ2n) is 7.74. The van der Waals surface area contributed by atoms with Crippen LogP contribution in [0.4, 0.5) is 11.5 Å². The van der Waals surface area contributed by atoms with Crippen LogP contribution in [0.5, 0.6) is 0 Å². The molecule has 0 saturated heterocycles. The standard InChI is InChI=1S/C24H19Cl3N4O3S2/c1-14(18-9-7-16(25)12-20(18)27)28-24(32)19-10-8-17(26)13-22(19)31(36(33)34)23-21(29-35-30-23)11-15-5-3-2-4-6-15/h2-10,12-14H,11H2,1H3,(H,28,32)(H,33,34). The Morgan fingerprint density at radius 3 is 2.44 bits per heavy atom. The van der Waals surface area contributed by atoms with Gasteiger partial charge in [0.1, 0.15) is 5.69 Å². The fourth-order valence-corrected chi connectivity index (χ4v) is 5.55. The first-order valence-electron chi connectivity index (χ1n) is 10.6. The van der Waals surface area contributed by atoms with Gasteiger partial charge in [-0.2, -0.15) is 8.75 Å². The summed E-state index contributed by atoms with van der Waals surface area (Å²) in [6.45, 7) is 1.77. The predicted octanol–water partition coefficient (Wildman–Crippen LogP) is 6.85. The van der Waals surface area contributed by atoms with Gasteiger partial charge in [0.05, 0.1) is 29.0 Å². The van der Waals surface area contributed by atoms with Gasteiger partial charge in [-0.3, -0.25) is 9.35 Å². The molecule has 0 fully saturated rings. The monoisotopic (exact) mass is 580 g/mol. The lowest BCUT2D eigenvalue weighted by Gasteiger charge is -2.23. The number of rotatable bonds is 8. The topological polar surface area (TPSA) is 95.4 Å². The van der Waals surface area contributed by atoms with Crippen molar-refractivity contribution in [3.05, 3.63) is 104 Å². The maximum atomic E-state index is 13.3. The van der Waals surface area contributed by atoms with E-state index in [1.807, 2.05) is 30.3 Å². The SMILES string of the molecule is CC(NC(=O)c1ccc(Cl)cc1N(c1nsnc1Cc1ccccc1)S(=O)O)c1ccc(Cl)cc1Cl. The van der Waals surface area contributed by atoms with Gasteiger partial charge in [0.15, 0.2) is 5.82 Å². The molecule has 12 heteroatoms. The Morgan fingerprint density at radius 1 is 1.06 bits per heavy atom. The van der Waals surface area contributed by atoms with Crippen molar-refractivity contribution in [1.29, 1.82) is 0 Å². The number of nitrogens with one attached hydrogen (secondary N) is 1. The number of carbonyl (C=O) groups excluding carboxylic acids is 1. The molecule has 1 aromatic heterocycles. The van der Waals surface area contributed by atoms with Crippen LogP contribution in [0, 0.1) is 0 Å². The summed E-state index contributed by atoms with van der Waals surface area (Å²) in [7, 11) is 0. The summed E-state index contributed by atoms with van der Waals surface area (Å²) in [4.78, 5) is 13.3. The molecular formula is C24H19Cl3N4O3S2. The molecule has 0 radical (unpaired) electrons. The molecule has 7 nitrogen and oxygen atoms in total. The predicted molar refractivity (Wildman–Crippen MR) is 146 cm³/mol. The maximum Gasteiger partial charge on any atom is 0.268 e. The van der Waals surface area contributed by atoms with Crippen molar-refractivity contribution in [2.45, 2.75) is 19.4 Å². The Kier molecular flexibility index (Phi) is 8.61. The Hall–Kier alpha value is -2.53. The fourth-order valence-electron chi connectivity index (χ4n) is 3.60. The summed E-state index contributed by atoms with van der Waals surface area (Å²) in [5.74, 6) is -0.335. The third kappa shape index (κ3) is 6.05. The van der Waals surface area contributed by atoms with Crippen molar-refractivity contribution in [3.63, 3.8) is 0 Å². The lowest BCUT2D eigenvalue weighted by atomic mass is 10.1. The van der Waals surface area contributed by atoms with Crippen LogP contribution < -0.4 is 9.62 Å². The third-order valence-electron chi connectivity index (χ3n) is 5.30. The number of nitrogens with zero attached hydrogens (tertiary/aromatic N) is 3. The molecule has 0 aliphatic carbocycles. The highest BCUT2D eigenvalue weighted by Crippen LogP contribution is 2.35. The van der Waals surface area contributed by atoms with E-state index in [1.54, 1.807) is 25.1 Å². The summed E-state index contributed by atoms with van der Waals surface area (Å²) in [5.41, 5.74) is 2.34. The van der Waals surface area contributed by atoms with Gasteiger partial charge < -0.3 is 5.32 Å².